The molecule has 11 heteroatoms. The second-order valence-corrected chi connectivity index (χ2v) is 11.3. The Kier molecular flexibility index (Phi) is 9.19. The summed E-state index contributed by atoms with van der Waals surface area (Å²) in [5.41, 5.74) is 1.40. The second-order valence-electron chi connectivity index (χ2n) is 10.4. The van der Waals surface area contributed by atoms with E-state index in [1.54, 1.807) is 30.6 Å². The summed E-state index contributed by atoms with van der Waals surface area (Å²) in [5, 5.41) is 10.8. The van der Waals surface area contributed by atoms with Crippen molar-refractivity contribution in [2.45, 2.75) is 44.5 Å². The van der Waals surface area contributed by atoms with Gasteiger partial charge in [-0.15, -0.1) is 0 Å². The molecule has 2 aromatic rings. The van der Waals surface area contributed by atoms with Crippen LogP contribution in [0.3, 0.4) is 0 Å². The van der Waals surface area contributed by atoms with Crippen molar-refractivity contribution in [3.05, 3.63) is 87.4 Å². The zero-order valence-electron chi connectivity index (χ0n) is 23.3. The predicted molar refractivity (Wildman–Crippen MR) is 159 cm³/mol. The third-order valence-electron chi connectivity index (χ3n) is 7.84. The lowest BCUT2D eigenvalue weighted by atomic mass is 9.97. The van der Waals surface area contributed by atoms with Gasteiger partial charge in [0.05, 0.1) is 16.3 Å². The Morgan fingerprint density at radius 3 is 2.76 bits per heavy atom. The smallest absolute Gasteiger partial charge is 0.269 e. The number of dihydropyridines is 1. The number of amides is 2. The highest BCUT2D eigenvalue weighted by Gasteiger charge is 2.40. The summed E-state index contributed by atoms with van der Waals surface area (Å²) in [5.74, 6) is -0.318. The highest BCUT2D eigenvalue weighted by molar-refractivity contribution is 6.36. The van der Waals surface area contributed by atoms with Crippen LogP contribution in [0.15, 0.2) is 66.3 Å². The number of nitrogens with zero attached hydrogens (tertiary/aromatic N) is 3. The Morgan fingerprint density at radius 1 is 1.22 bits per heavy atom. The lowest BCUT2D eigenvalue weighted by molar-refractivity contribution is -0.120. The Bertz CT molecular complexity index is 1330. The quantitative estimate of drug-likeness (QED) is 0.426. The van der Waals surface area contributed by atoms with E-state index in [1.807, 2.05) is 36.1 Å². The lowest BCUT2D eigenvalue weighted by Crippen LogP contribution is -2.57. The fourth-order valence-corrected chi connectivity index (χ4v) is 6.19. The van der Waals surface area contributed by atoms with Crippen molar-refractivity contribution >= 4 is 35.0 Å². The molecular formula is C30H36Cl2N6O3. The molecule has 1 unspecified atom stereocenters. The average Bonchev–Trinajstić information content (AvgIpc) is 3.50. The molecule has 4 heterocycles. The Labute approximate surface area is 250 Å². The van der Waals surface area contributed by atoms with Gasteiger partial charge < -0.3 is 30.5 Å². The third-order valence-corrected chi connectivity index (χ3v) is 8.39. The summed E-state index contributed by atoms with van der Waals surface area (Å²) in [7, 11) is 0. The monoisotopic (exact) mass is 598 g/mol. The molecule has 2 amide bonds. The number of aromatic nitrogens is 1. The van der Waals surface area contributed by atoms with Crippen LogP contribution in [0.4, 0.5) is 0 Å². The highest BCUT2D eigenvalue weighted by atomic mass is 35.5. The zero-order chi connectivity index (χ0) is 29.0. The van der Waals surface area contributed by atoms with Gasteiger partial charge in [-0.1, -0.05) is 36.2 Å². The number of ether oxygens (including phenoxy) is 1. The number of halogens is 2. The van der Waals surface area contributed by atoms with E-state index >= 15 is 0 Å². The van der Waals surface area contributed by atoms with Crippen LogP contribution in [0, 0.1) is 0 Å². The van der Waals surface area contributed by atoms with Crippen LogP contribution >= 0.6 is 23.2 Å². The molecule has 0 bridgehead atoms. The van der Waals surface area contributed by atoms with Gasteiger partial charge in [0.1, 0.15) is 5.70 Å². The molecule has 0 radical (unpaired) electrons. The van der Waals surface area contributed by atoms with E-state index in [0.29, 0.717) is 47.5 Å². The first kappa shape index (κ1) is 29.4. The van der Waals surface area contributed by atoms with Crippen molar-refractivity contribution in [1.29, 1.82) is 0 Å². The minimum absolute atomic E-state index is 0.0193. The van der Waals surface area contributed by atoms with E-state index in [-0.39, 0.29) is 23.9 Å². The number of allylic oxidation sites excluding steroid dienone is 1. The molecule has 9 nitrogen and oxygen atoms in total. The van der Waals surface area contributed by atoms with Crippen LogP contribution < -0.4 is 16.0 Å². The van der Waals surface area contributed by atoms with Crippen LogP contribution in [-0.2, 0) is 15.3 Å². The van der Waals surface area contributed by atoms with Gasteiger partial charge in [-0.2, -0.15) is 0 Å². The molecule has 3 aliphatic heterocycles. The molecular weight excluding hydrogens is 563 g/mol. The molecule has 1 aromatic carbocycles. The van der Waals surface area contributed by atoms with Crippen LogP contribution in [-0.4, -0.2) is 78.0 Å². The maximum atomic E-state index is 13.9. The molecule has 3 N–H and O–H groups in total. The Hall–Kier alpha value is -3.11. The number of hydrogen-bond donors (Lipinski definition) is 3. The van der Waals surface area contributed by atoms with Crippen LogP contribution in [0.5, 0.6) is 0 Å². The van der Waals surface area contributed by atoms with Crippen molar-refractivity contribution < 1.29 is 14.3 Å². The minimum atomic E-state index is -1.04. The van der Waals surface area contributed by atoms with Crippen molar-refractivity contribution in [3.8, 4) is 0 Å². The molecule has 0 saturated carbocycles. The number of pyridine rings is 1. The summed E-state index contributed by atoms with van der Waals surface area (Å²) < 4.78 is 6.26. The number of nitrogens with one attached hydrogen (secondary N) is 3. The topological polar surface area (TPSA) is 98.8 Å². The number of rotatable bonds is 8. The lowest BCUT2D eigenvalue weighted by Gasteiger charge is -2.46. The first-order valence-corrected chi connectivity index (χ1v) is 14.9. The van der Waals surface area contributed by atoms with E-state index in [2.05, 4.69) is 32.8 Å². The Morgan fingerprint density at radius 2 is 2.07 bits per heavy atom. The largest absolute Gasteiger partial charge is 0.363 e. The fraction of sp³-hybridized carbons (Fsp3) is 0.433. The minimum Gasteiger partial charge on any atom is -0.363 e. The summed E-state index contributed by atoms with van der Waals surface area (Å²) >= 11 is 12.4. The first-order valence-electron chi connectivity index (χ1n) is 14.1. The van der Waals surface area contributed by atoms with E-state index in [9.17, 15) is 9.59 Å². The van der Waals surface area contributed by atoms with Gasteiger partial charge in [-0.25, -0.2) is 0 Å². The van der Waals surface area contributed by atoms with Crippen LogP contribution in [0.1, 0.15) is 42.6 Å². The number of carbonyl (C=O) groups is 2. The zero-order valence-corrected chi connectivity index (χ0v) is 24.8. The standard InChI is InChI=1S/C30H36Cl2N6O3/c1-3-23-19-37(29(40)24-8-7-21(31)16-25(24)32)14-15-38(23)26-9-11-30(41-4-2,20-6-5-12-33-17-20)36-27(26)28(39)35-22-10-13-34-18-22/h5-9,11-12,16-17,22-23,34,36H,3-4,10,13-15,18-19H2,1-2H3,(H,35,39)/t22-,23-,30?/m1/s1. The first-order chi connectivity index (χ1) is 19.8. The van der Waals surface area contributed by atoms with Gasteiger partial charge in [-0.3, -0.25) is 14.6 Å². The van der Waals surface area contributed by atoms with Crippen LogP contribution in [0.25, 0.3) is 0 Å². The van der Waals surface area contributed by atoms with Gasteiger partial charge >= 0.3 is 0 Å². The number of piperazine rings is 1. The van der Waals surface area contributed by atoms with Gasteiger partial charge in [0.25, 0.3) is 11.8 Å². The third kappa shape index (κ3) is 6.23. The van der Waals surface area contributed by atoms with Gasteiger partial charge in [0.15, 0.2) is 5.72 Å². The van der Waals surface area contributed by atoms with E-state index in [4.69, 9.17) is 27.9 Å². The molecule has 0 spiro atoms. The van der Waals surface area contributed by atoms with Crippen LogP contribution in [0.2, 0.25) is 10.0 Å². The number of carbonyl (C=O) groups excluding carboxylic acids is 2. The van der Waals surface area contributed by atoms with Crippen molar-refractivity contribution in [2.75, 3.05) is 39.3 Å². The number of benzene rings is 1. The van der Waals surface area contributed by atoms with Crippen molar-refractivity contribution in [2.24, 2.45) is 0 Å². The molecule has 41 heavy (non-hydrogen) atoms. The molecule has 218 valence electrons. The molecule has 3 atom stereocenters. The van der Waals surface area contributed by atoms with Gasteiger partial charge in [0.2, 0.25) is 0 Å². The van der Waals surface area contributed by atoms with E-state index in [0.717, 1.165) is 37.2 Å². The average molecular weight is 600 g/mol. The maximum Gasteiger partial charge on any atom is 0.269 e. The SMILES string of the molecule is CCOC1(c2cccnc2)C=CC(N2CCN(C(=O)c3ccc(Cl)cc3Cl)C[C@H]2CC)=C(C(=O)N[C@@H]2CCNC2)N1. The van der Waals surface area contributed by atoms with Crippen molar-refractivity contribution in [3.63, 3.8) is 0 Å². The second kappa shape index (κ2) is 12.8. The highest BCUT2D eigenvalue weighted by Crippen LogP contribution is 2.33. The van der Waals surface area contributed by atoms with Crippen molar-refractivity contribution in [1.82, 2.24) is 30.7 Å². The molecule has 5 rings (SSSR count). The summed E-state index contributed by atoms with van der Waals surface area (Å²) in [6.45, 7) is 7.56. The molecule has 2 fully saturated rings. The maximum absolute atomic E-state index is 13.9. The summed E-state index contributed by atoms with van der Waals surface area (Å²) in [6.07, 6.45) is 9.02. The molecule has 3 aliphatic rings. The molecule has 1 aromatic heterocycles. The summed E-state index contributed by atoms with van der Waals surface area (Å²) in [4.78, 5) is 35.6. The van der Waals surface area contributed by atoms with Gasteiger partial charge in [-0.05, 0) is 62.7 Å². The Balaban J connectivity index is 1.45. The normalized spacial score (nSPS) is 24.4. The molecule has 2 saturated heterocycles. The number of hydrogen-bond acceptors (Lipinski definition) is 7. The molecule has 0 aliphatic carbocycles. The fourth-order valence-electron chi connectivity index (χ4n) is 5.70. The predicted octanol–water partition coefficient (Wildman–Crippen LogP) is 3.66. The summed E-state index contributed by atoms with van der Waals surface area (Å²) in [6, 6.07) is 8.75. The van der Waals surface area contributed by atoms with Gasteiger partial charge in [0, 0.05) is 67.8 Å². The van der Waals surface area contributed by atoms with E-state index < -0.39 is 5.72 Å². The van der Waals surface area contributed by atoms with E-state index in [1.165, 1.54) is 0 Å².